The number of ketones is 1. The van der Waals surface area contributed by atoms with Gasteiger partial charge in [0.1, 0.15) is 17.7 Å². The SMILES string of the molecule is CO[C@@H](CC(C)C)[C@@H]1CC[C@@H](C)[C@](O)(C(=O)C(=O)N2[C@@H]3CCC[C@H]2C(=O)OCC(COCc2ccccc2)COC3=O)C1. The van der Waals surface area contributed by atoms with Gasteiger partial charge in [0.15, 0.2) is 0 Å². The third-order valence-corrected chi connectivity index (χ3v) is 9.27. The molecule has 0 spiro atoms. The van der Waals surface area contributed by atoms with Crippen molar-refractivity contribution in [2.45, 2.75) is 96.1 Å². The molecule has 10 nitrogen and oxygen atoms in total. The molecule has 1 aliphatic carbocycles. The van der Waals surface area contributed by atoms with Crippen LogP contribution in [0.2, 0.25) is 0 Å². The predicted octanol–water partition coefficient (Wildman–Crippen LogP) is 3.47. The molecule has 1 aromatic carbocycles. The Morgan fingerprint density at radius 2 is 1.65 bits per heavy atom. The van der Waals surface area contributed by atoms with Crippen molar-refractivity contribution in [3.05, 3.63) is 35.9 Å². The Labute approximate surface area is 254 Å². The molecule has 1 amide bonds. The smallest absolute Gasteiger partial charge is 0.328 e. The number of Topliss-reactive ketones (excluding diaryl/α,β-unsaturated/α-hetero) is 1. The average molecular weight is 602 g/mol. The van der Waals surface area contributed by atoms with Crippen molar-refractivity contribution in [1.29, 1.82) is 0 Å². The molecule has 1 aromatic rings. The summed E-state index contributed by atoms with van der Waals surface area (Å²) in [5.74, 6) is -4.01. The van der Waals surface area contributed by atoms with Crippen LogP contribution in [0.25, 0.3) is 0 Å². The van der Waals surface area contributed by atoms with Gasteiger partial charge in [-0.15, -0.1) is 0 Å². The topological polar surface area (TPSA) is 129 Å². The molecular formula is C33H47NO9. The van der Waals surface area contributed by atoms with E-state index >= 15 is 0 Å². The zero-order valence-corrected chi connectivity index (χ0v) is 25.9. The summed E-state index contributed by atoms with van der Waals surface area (Å²) in [6.07, 6.45) is 2.95. The van der Waals surface area contributed by atoms with Crippen molar-refractivity contribution in [3.8, 4) is 0 Å². The number of amides is 1. The minimum atomic E-state index is -1.94. The van der Waals surface area contributed by atoms with Gasteiger partial charge in [-0.3, -0.25) is 9.59 Å². The van der Waals surface area contributed by atoms with Crippen LogP contribution in [0, 0.1) is 23.7 Å². The first kappa shape index (κ1) is 33.1. The van der Waals surface area contributed by atoms with E-state index in [9.17, 15) is 24.3 Å². The van der Waals surface area contributed by atoms with Crippen LogP contribution in [0.15, 0.2) is 30.3 Å². The number of carbonyl (C=O) groups is 4. The Morgan fingerprint density at radius 1 is 1.02 bits per heavy atom. The van der Waals surface area contributed by atoms with E-state index in [2.05, 4.69) is 13.8 Å². The van der Waals surface area contributed by atoms with Crippen LogP contribution >= 0.6 is 0 Å². The standard InChI is InChI=1S/C33H47NO9/c1-21(2)15-28(40-4)25-14-13-22(3)33(39,16-25)29(35)30(36)34-26-11-8-12-27(34)32(38)43-20-24(19-42-31(26)37)18-41-17-23-9-6-5-7-10-23/h5-7,9-10,21-22,24-28,39H,8,11-20H2,1-4H3/t22-,24?,25-,26-,27+,28+,33+/m1/s1. The summed E-state index contributed by atoms with van der Waals surface area (Å²) in [6.45, 7) is 6.38. The highest BCUT2D eigenvalue weighted by molar-refractivity contribution is 6.40. The van der Waals surface area contributed by atoms with Crippen molar-refractivity contribution in [1.82, 2.24) is 4.90 Å². The lowest BCUT2D eigenvalue weighted by molar-refractivity contribution is -0.179. The number of benzene rings is 1. The lowest BCUT2D eigenvalue weighted by atomic mass is 9.67. The third-order valence-electron chi connectivity index (χ3n) is 9.27. The Kier molecular flexibility index (Phi) is 11.4. The van der Waals surface area contributed by atoms with Crippen molar-refractivity contribution < 1.29 is 43.2 Å². The van der Waals surface area contributed by atoms with Gasteiger partial charge in [0.2, 0.25) is 0 Å². The molecule has 43 heavy (non-hydrogen) atoms. The molecule has 1 unspecified atom stereocenters. The Morgan fingerprint density at radius 3 is 2.23 bits per heavy atom. The summed E-state index contributed by atoms with van der Waals surface area (Å²) in [6, 6.07) is 7.37. The molecule has 0 radical (unpaired) electrons. The number of hydrogen-bond acceptors (Lipinski definition) is 9. The van der Waals surface area contributed by atoms with Gasteiger partial charge in [-0.05, 0) is 68.3 Å². The van der Waals surface area contributed by atoms with Crippen LogP contribution in [0.4, 0.5) is 0 Å². The lowest BCUT2D eigenvalue weighted by Gasteiger charge is -2.45. The summed E-state index contributed by atoms with van der Waals surface area (Å²) >= 11 is 0. The highest BCUT2D eigenvalue weighted by atomic mass is 16.6. The van der Waals surface area contributed by atoms with Gasteiger partial charge in [0.05, 0.1) is 38.4 Å². The van der Waals surface area contributed by atoms with E-state index in [-0.39, 0.29) is 57.0 Å². The summed E-state index contributed by atoms with van der Waals surface area (Å²) in [7, 11) is 1.63. The molecule has 4 rings (SSSR count). The Hall–Kier alpha value is -2.82. The minimum Gasteiger partial charge on any atom is -0.464 e. The molecule has 3 aliphatic rings. The Balaban J connectivity index is 1.48. The van der Waals surface area contributed by atoms with Crippen LogP contribution in [0.5, 0.6) is 0 Å². The molecule has 2 saturated heterocycles. The summed E-state index contributed by atoms with van der Waals surface area (Å²) in [5.41, 5.74) is -0.950. The zero-order valence-electron chi connectivity index (χ0n) is 25.9. The van der Waals surface area contributed by atoms with Crippen molar-refractivity contribution >= 4 is 23.6 Å². The van der Waals surface area contributed by atoms with E-state index in [1.807, 2.05) is 30.3 Å². The second-order valence-corrected chi connectivity index (χ2v) is 12.9. The molecule has 2 aliphatic heterocycles. The number of methoxy groups -OCH3 is 1. The fraction of sp³-hybridized carbons (Fsp3) is 0.697. The molecule has 0 aromatic heterocycles. The van der Waals surface area contributed by atoms with Gasteiger partial charge in [-0.2, -0.15) is 0 Å². The molecule has 238 valence electrons. The molecule has 3 fully saturated rings. The van der Waals surface area contributed by atoms with E-state index in [4.69, 9.17) is 18.9 Å². The number of ether oxygens (including phenoxy) is 4. The number of carbonyl (C=O) groups excluding carboxylic acids is 4. The fourth-order valence-corrected chi connectivity index (χ4v) is 6.69. The van der Waals surface area contributed by atoms with Gasteiger partial charge < -0.3 is 29.0 Å². The van der Waals surface area contributed by atoms with Crippen LogP contribution in [-0.2, 0) is 44.7 Å². The van der Waals surface area contributed by atoms with E-state index in [1.54, 1.807) is 14.0 Å². The molecule has 1 saturated carbocycles. The molecule has 7 atom stereocenters. The molecule has 10 heteroatoms. The number of esters is 2. The molecular weight excluding hydrogens is 554 g/mol. The zero-order chi connectivity index (χ0) is 31.1. The maximum atomic E-state index is 13.9. The van der Waals surface area contributed by atoms with Crippen molar-refractivity contribution in [3.63, 3.8) is 0 Å². The number of fused-ring (bicyclic) bond motifs is 2. The van der Waals surface area contributed by atoms with Crippen LogP contribution in [-0.4, -0.2) is 84.4 Å². The largest absolute Gasteiger partial charge is 0.464 e. The van der Waals surface area contributed by atoms with Gasteiger partial charge >= 0.3 is 11.9 Å². The predicted molar refractivity (Wildman–Crippen MR) is 156 cm³/mol. The number of cyclic esters (lactones) is 2. The maximum absolute atomic E-state index is 13.9. The highest BCUT2D eigenvalue weighted by Crippen LogP contribution is 2.42. The normalized spacial score (nSPS) is 30.7. The highest BCUT2D eigenvalue weighted by Gasteiger charge is 2.54. The number of nitrogens with zero attached hydrogens (tertiary/aromatic N) is 1. The third kappa shape index (κ3) is 7.83. The van der Waals surface area contributed by atoms with Crippen LogP contribution < -0.4 is 0 Å². The van der Waals surface area contributed by atoms with E-state index < -0.39 is 47.2 Å². The monoisotopic (exact) mass is 601 g/mol. The first-order valence-corrected chi connectivity index (χ1v) is 15.6. The van der Waals surface area contributed by atoms with E-state index in [0.29, 0.717) is 25.4 Å². The van der Waals surface area contributed by atoms with Crippen molar-refractivity contribution in [2.24, 2.45) is 23.7 Å². The molecule has 2 heterocycles. The first-order chi connectivity index (χ1) is 20.5. The maximum Gasteiger partial charge on any atom is 0.328 e. The van der Waals surface area contributed by atoms with Crippen LogP contribution in [0.1, 0.15) is 71.3 Å². The average Bonchev–Trinajstić information content (AvgIpc) is 3.00. The molecule has 1 N–H and O–H groups in total. The number of piperidine rings is 1. The quantitative estimate of drug-likeness (QED) is 0.317. The van der Waals surface area contributed by atoms with E-state index in [1.165, 1.54) is 0 Å². The van der Waals surface area contributed by atoms with Gasteiger partial charge in [0, 0.05) is 7.11 Å². The molecule has 2 bridgehead atoms. The van der Waals surface area contributed by atoms with Gasteiger partial charge in [-0.1, -0.05) is 51.1 Å². The van der Waals surface area contributed by atoms with E-state index in [0.717, 1.165) is 23.3 Å². The van der Waals surface area contributed by atoms with Gasteiger partial charge in [0.25, 0.3) is 11.7 Å². The second kappa shape index (κ2) is 14.8. The summed E-state index contributed by atoms with van der Waals surface area (Å²) in [4.78, 5) is 55.5. The van der Waals surface area contributed by atoms with Crippen LogP contribution in [0.3, 0.4) is 0 Å². The van der Waals surface area contributed by atoms with Gasteiger partial charge in [-0.25, -0.2) is 9.59 Å². The first-order valence-electron chi connectivity index (χ1n) is 15.6. The lowest BCUT2D eigenvalue weighted by Crippen LogP contribution is -2.63. The van der Waals surface area contributed by atoms with Crippen molar-refractivity contribution in [2.75, 3.05) is 26.9 Å². The second-order valence-electron chi connectivity index (χ2n) is 12.9. The summed E-state index contributed by atoms with van der Waals surface area (Å²) < 4.78 is 22.8. The fourth-order valence-electron chi connectivity index (χ4n) is 6.69. The summed E-state index contributed by atoms with van der Waals surface area (Å²) in [5, 5.41) is 11.8. The minimum absolute atomic E-state index is 0.0606. The number of hydrogen-bond donors (Lipinski definition) is 1. The number of rotatable bonds is 10. The number of aliphatic hydroxyl groups is 1. The Bertz CT molecular complexity index is 1100.